The predicted octanol–water partition coefficient (Wildman–Crippen LogP) is 5.63. The summed E-state index contributed by atoms with van der Waals surface area (Å²) < 4.78 is 0. The van der Waals surface area contributed by atoms with E-state index < -0.39 is 0 Å². The van der Waals surface area contributed by atoms with Crippen LogP contribution in [-0.4, -0.2) is 21.9 Å². The quantitative estimate of drug-likeness (QED) is 0.578. The molecule has 1 aromatic carbocycles. The van der Waals surface area contributed by atoms with Crippen molar-refractivity contribution in [3.63, 3.8) is 0 Å². The smallest absolute Gasteiger partial charge is 0.123 e. The summed E-state index contributed by atoms with van der Waals surface area (Å²) in [4.78, 5) is 0. The van der Waals surface area contributed by atoms with Crippen LogP contribution in [0.5, 0.6) is 11.5 Å². The first-order valence-electron chi connectivity index (χ1n) is 11.7. The monoisotopic (exact) mass is 396 g/mol. The minimum Gasteiger partial charge on any atom is -0.508 e. The molecule has 158 valence electrons. The maximum atomic E-state index is 11.1. The summed E-state index contributed by atoms with van der Waals surface area (Å²) in [6.45, 7) is 6.41. The van der Waals surface area contributed by atoms with Gasteiger partial charge in [0, 0.05) is 12.2 Å². The van der Waals surface area contributed by atoms with Gasteiger partial charge in [0.25, 0.3) is 0 Å². The highest BCUT2D eigenvalue weighted by atomic mass is 16.3. The summed E-state index contributed by atoms with van der Waals surface area (Å²) >= 11 is 0. The Morgan fingerprint density at radius 2 is 1.52 bits per heavy atom. The van der Waals surface area contributed by atoms with Crippen molar-refractivity contribution in [2.24, 2.45) is 29.6 Å². The van der Waals surface area contributed by atoms with Crippen LogP contribution in [0.25, 0.3) is 0 Å². The van der Waals surface area contributed by atoms with Crippen molar-refractivity contribution in [3.05, 3.63) is 35.4 Å². The molecular formula is C26H36O3. The van der Waals surface area contributed by atoms with Gasteiger partial charge in [-0.05, 0) is 123 Å². The lowest BCUT2D eigenvalue weighted by atomic mass is 9.48. The van der Waals surface area contributed by atoms with Crippen LogP contribution in [-0.2, 0) is 5.41 Å². The molecule has 1 aromatic rings. The number of aliphatic hydroxyl groups excluding tert-OH is 1. The van der Waals surface area contributed by atoms with Gasteiger partial charge >= 0.3 is 0 Å². The van der Waals surface area contributed by atoms with Gasteiger partial charge in [-0.1, -0.05) is 12.2 Å². The lowest BCUT2D eigenvalue weighted by Gasteiger charge is -2.57. The molecule has 3 heteroatoms. The first-order chi connectivity index (χ1) is 13.9. The Kier molecular flexibility index (Phi) is 4.73. The Balaban J connectivity index is 1.51. The Bertz CT molecular complexity index is 752. The van der Waals surface area contributed by atoms with Crippen LogP contribution in [0.1, 0.15) is 81.8 Å². The highest BCUT2D eigenvalue weighted by Gasteiger charge is 2.52. The minimum atomic E-state index is 0.0313. The van der Waals surface area contributed by atoms with E-state index in [4.69, 9.17) is 0 Å². The molecule has 0 saturated heterocycles. The van der Waals surface area contributed by atoms with Gasteiger partial charge in [-0.3, -0.25) is 0 Å². The molecule has 0 spiro atoms. The number of phenolic OH excluding ortho intramolecular Hbond substituents is 2. The number of hydrogen-bond donors (Lipinski definition) is 3. The van der Waals surface area contributed by atoms with Gasteiger partial charge in [-0.2, -0.15) is 0 Å². The van der Waals surface area contributed by atoms with Crippen molar-refractivity contribution in [2.75, 3.05) is 6.61 Å². The number of aliphatic hydroxyl groups is 1. The zero-order valence-corrected chi connectivity index (χ0v) is 17.7. The van der Waals surface area contributed by atoms with Crippen molar-refractivity contribution in [1.82, 2.24) is 0 Å². The second kappa shape index (κ2) is 7.04. The van der Waals surface area contributed by atoms with E-state index in [0.29, 0.717) is 5.56 Å². The van der Waals surface area contributed by atoms with Gasteiger partial charge in [0.05, 0.1) is 0 Å². The number of allylic oxidation sites excluding steroid dienone is 1. The summed E-state index contributed by atoms with van der Waals surface area (Å²) in [7, 11) is 0. The predicted molar refractivity (Wildman–Crippen MR) is 115 cm³/mol. The molecule has 3 N–H and O–H groups in total. The third kappa shape index (κ3) is 3.21. The van der Waals surface area contributed by atoms with Crippen LogP contribution < -0.4 is 0 Å². The summed E-state index contributed by atoms with van der Waals surface area (Å²) in [6, 6.07) is 3.97. The molecule has 3 atom stereocenters. The van der Waals surface area contributed by atoms with E-state index in [0.717, 1.165) is 48.2 Å². The summed E-state index contributed by atoms with van der Waals surface area (Å²) in [5.41, 5.74) is 3.12. The maximum Gasteiger partial charge on any atom is 0.123 e. The Morgan fingerprint density at radius 3 is 2.00 bits per heavy atom. The molecular weight excluding hydrogens is 360 g/mol. The molecule has 5 saturated carbocycles. The van der Waals surface area contributed by atoms with Crippen molar-refractivity contribution in [3.8, 4) is 11.5 Å². The molecule has 0 aliphatic heterocycles. The van der Waals surface area contributed by atoms with Crippen molar-refractivity contribution in [2.45, 2.75) is 76.0 Å². The molecule has 0 aromatic heterocycles. The summed E-state index contributed by atoms with van der Waals surface area (Å²) in [5.74, 6) is 3.53. The molecule has 5 aliphatic carbocycles. The number of rotatable bonds is 4. The zero-order valence-electron chi connectivity index (χ0n) is 17.7. The van der Waals surface area contributed by atoms with Crippen LogP contribution in [0.2, 0.25) is 0 Å². The van der Waals surface area contributed by atoms with E-state index in [-0.39, 0.29) is 41.3 Å². The van der Waals surface area contributed by atoms with Gasteiger partial charge < -0.3 is 15.3 Å². The van der Waals surface area contributed by atoms with Crippen molar-refractivity contribution in [1.29, 1.82) is 0 Å². The highest BCUT2D eigenvalue weighted by Crippen LogP contribution is 2.61. The van der Waals surface area contributed by atoms with E-state index in [1.165, 1.54) is 38.5 Å². The minimum absolute atomic E-state index is 0.0313. The molecule has 3 nitrogen and oxygen atoms in total. The average molecular weight is 397 g/mol. The van der Waals surface area contributed by atoms with E-state index in [1.54, 1.807) is 0 Å². The third-order valence-electron chi connectivity index (χ3n) is 9.01. The molecule has 0 radical (unpaired) electrons. The van der Waals surface area contributed by atoms with Gasteiger partial charge in [0.1, 0.15) is 11.5 Å². The van der Waals surface area contributed by atoms with Crippen LogP contribution in [0.3, 0.4) is 0 Å². The molecule has 3 unspecified atom stereocenters. The normalized spacial score (nSPS) is 40.9. The fourth-order valence-electron chi connectivity index (χ4n) is 8.11. The van der Waals surface area contributed by atoms with Gasteiger partial charge in [0.2, 0.25) is 0 Å². The van der Waals surface area contributed by atoms with Crippen molar-refractivity contribution >= 4 is 0 Å². The number of hydrogen-bond acceptors (Lipinski definition) is 3. The van der Waals surface area contributed by atoms with Gasteiger partial charge in [-0.25, -0.2) is 0 Å². The number of aromatic hydroxyl groups is 2. The Morgan fingerprint density at radius 1 is 0.966 bits per heavy atom. The Hall–Kier alpha value is -1.48. The van der Waals surface area contributed by atoms with Crippen LogP contribution in [0.15, 0.2) is 24.3 Å². The topological polar surface area (TPSA) is 60.7 Å². The largest absolute Gasteiger partial charge is 0.508 e. The third-order valence-corrected chi connectivity index (χ3v) is 9.01. The maximum absolute atomic E-state index is 11.1. The fourth-order valence-corrected chi connectivity index (χ4v) is 8.11. The van der Waals surface area contributed by atoms with E-state index >= 15 is 0 Å². The first kappa shape index (κ1) is 19.5. The Labute approximate surface area is 174 Å². The van der Waals surface area contributed by atoms with Crippen LogP contribution in [0.4, 0.5) is 0 Å². The molecule has 5 fully saturated rings. The molecule has 29 heavy (non-hydrogen) atoms. The number of phenols is 2. The zero-order chi connectivity index (χ0) is 20.3. The molecule has 0 amide bonds. The average Bonchev–Trinajstić information content (AvgIpc) is 2.66. The van der Waals surface area contributed by atoms with Gasteiger partial charge in [0.15, 0.2) is 0 Å². The second-order valence-corrected chi connectivity index (χ2v) is 11.0. The van der Waals surface area contributed by atoms with Gasteiger partial charge in [-0.15, -0.1) is 0 Å². The van der Waals surface area contributed by atoms with Crippen LogP contribution in [0, 0.1) is 29.6 Å². The molecule has 4 bridgehead atoms. The highest BCUT2D eigenvalue weighted by molar-refractivity contribution is 5.52. The molecule has 0 heterocycles. The summed E-state index contributed by atoms with van der Waals surface area (Å²) in [5, 5.41) is 32.0. The molecule has 5 aliphatic rings. The SMILES string of the molecule is C=C(C)C1CCC(CO)CC1c1c(O)cc(C23CC4CC(CC(C4)C2)C3)cc1O. The van der Waals surface area contributed by atoms with E-state index in [9.17, 15) is 15.3 Å². The lowest BCUT2D eigenvalue weighted by molar-refractivity contribution is -0.00538. The second-order valence-electron chi connectivity index (χ2n) is 11.0. The van der Waals surface area contributed by atoms with E-state index in [1.807, 2.05) is 12.1 Å². The first-order valence-corrected chi connectivity index (χ1v) is 11.7. The summed E-state index contributed by atoms with van der Waals surface area (Å²) in [6.07, 6.45) is 10.6. The lowest BCUT2D eigenvalue weighted by Crippen LogP contribution is -2.48. The molecule has 6 rings (SSSR count). The standard InChI is InChI=1S/C26H36O3/c1-15(2)21-4-3-16(14-27)8-22(21)25-23(28)9-20(10-24(25)29)26-11-17-5-18(12-26)7-19(6-17)13-26/h9-10,16-19,21-22,27-29H,1,3-8,11-14H2,2H3. The number of benzene rings is 1. The van der Waals surface area contributed by atoms with Crippen LogP contribution >= 0.6 is 0 Å². The van der Waals surface area contributed by atoms with E-state index in [2.05, 4.69) is 13.5 Å². The van der Waals surface area contributed by atoms with Crippen molar-refractivity contribution < 1.29 is 15.3 Å². The fraction of sp³-hybridized carbons (Fsp3) is 0.692.